The molecule has 0 atom stereocenters. The van der Waals surface area contributed by atoms with E-state index < -0.39 is 29.3 Å². The molecule has 7 heteroatoms. The van der Waals surface area contributed by atoms with E-state index in [1.54, 1.807) is 20.8 Å². The van der Waals surface area contributed by atoms with Crippen LogP contribution in [0.3, 0.4) is 0 Å². The number of methoxy groups -OCH3 is 1. The molecule has 1 aromatic rings. The largest absolute Gasteiger partial charge is 0.466 e. The lowest BCUT2D eigenvalue weighted by molar-refractivity contribution is -0.136. The minimum Gasteiger partial charge on any atom is -0.466 e. The van der Waals surface area contributed by atoms with E-state index in [2.05, 4.69) is 0 Å². The van der Waals surface area contributed by atoms with Crippen LogP contribution in [0.15, 0.2) is 23.8 Å². The van der Waals surface area contributed by atoms with E-state index in [4.69, 9.17) is 9.47 Å². The van der Waals surface area contributed by atoms with Crippen LogP contribution in [0.2, 0.25) is 0 Å². The van der Waals surface area contributed by atoms with Crippen molar-refractivity contribution in [3.05, 3.63) is 41.0 Å². The summed E-state index contributed by atoms with van der Waals surface area (Å²) in [5.74, 6) is -2.12. The maximum atomic E-state index is 14.1. The first-order chi connectivity index (χ1) is 11.6. The summed E-state index contributed by atoms with van der Waals surface area (Å²) in [6.45, 7) is 5.41. The maximum absolute atomic E-state index is 14.1. The van der Waals surface area contributed by atoms with Gasteiger partial charge in [-0.05, 0) is 44.9 Å². The molecule has 25 heavy (non-hydrogen) atoms. The molecule has 0 saturated heterocycles. The van der Waals surface area contributed by atoms with Crippen molar-refractivity contribution in [3.63, 3.8) is 0 Å². The number of esters is 1. The van der Waals surface area contributed by atoms with E-state index in [0.717, 1.165) is 12.1 Å². The number of carbonyl (C=O) groups excluding carboxylic acids is 2. The lowest BCUT2D eigenvalue weighted by Crippen LogP contribution is -2.42. The topological polar surface area (TPSA) is 55.8 Å². The molecule has 1 heterocycles. The van der Waals surface area contributed by atoms with E-state index >= 15 is 0 Å². The predicted molar refractivity (Wildman–Crippen MR) is 87.7 cm³/mol. The van der Waals surface area contributed by atoms with Crippen LogP contribution in [0.4, 0.5) is 13.6 Å². The van der Waals surface area contributed by atoms with Gasteiger partial charge >= 0.3 is 12.1 Å². The van der Waals surface area contributed by atoms with Gasteiger partial charge in [0.2, 0.25) is 0 Å². The minimum atomic E-state index is -0.762. The Morgan fingerprint density at radius 2 is 1.88 bits per heavy atom. The Bertz CT molecular complexity index is 722. The van der Waals surface area contributed by atoms with Crippen molar-refractivity contribution in [1.82, 2.24) is 4.90 Å². The monoisotopic (exact) mass is 353 g/mol. The van der Waals surface area contributed by atoms with Gasteiger partial charge in [-0.1, -0.05) is 0 Å². The van der Waals surface area contributed by atoms with E-state index in [9.17, 15) is 18.4 Å². The Hall–Kier alpha value is -2.44. The molecule has 5 nitrogen and oxygen atoms in total. The summed E-state index contributed by atoms with van der Waals surface area (Å²) in [5.41, 5.74) is 0.0233. The lowest BCUT2D eigenvalue weighted by atomic mass is 9.93. The van der Waals surface area contributed by atoms with Crippen molar-refractivity contribution in [1.29, 1.82) is 0 Å². The SMILES string of the molecule is COC(=O)C1=C(c2ccc(F)cc2F)CCN(C(=O)OC(C)(C)C)C1. The summed E-state index contributed by atoms with van der Waals surface area (Å²) < 4.78 is 37.3. The second-order valence-corrected chi connectivity index (χ2v) is 6.72. The number of hydrogen-bond acceptors (Lipinski definition) is 4. The quantitative estimate of drug-likeness (QED) is 0.763. The van der Waals surface area contributed by atoms with Crippen molar-refractivity contribution in [2.75, 3.05) is 20.2 Å². The van der Waals surface area contributed by atoms with Gasteiger partial charge in [-0.3, -0.25) is 0 Å². The fourth-order valence-corrected chi connectivity index (χ4v) is 2.59. The number of benzene rings is 1. The van der Waals surface area contributed by atoms with Gasteiger partial charge < -0.3 is 14.4 Å². The van der Waals surface area contributed by atoms with Crippen LogP contribution >= 0.6 is 0 Å². The first-order valence-electron chi connectivity index (χ1n) is 7.86. The molecule has 0 N–H and O–H groups in total. The predicted octanol–water partition coefficient (Wildman–Crippen LogP) is 3.53. The van der Waals surface area contributed by atoms with Crippen LogP contribution in [-0.4, -0.2) is 42.8 Å². The van der Waals surface area contributed by atoms with Crippen LogP contribution in [0, 0.1) is 11.6 Å². The van der Waals surface area contributed by atoms with Gasteiger partial charge in [-0.2, -0.15) is 0 Å². The van der Waals surface area contributed by atoms with Gasteiger partial charge in [0.1, 0.15) is 17.2 Å². The molecule has 1 aliphatic heterocycles. The number of hydrogen-bond donors (Lipinski definition) is 0. The van der Waals surface area contributed by atoms with Crippen molar-refractivity contribution in [2.24, 2.45) is 0 Å². The Labute approximate surface area is 145 Å². The van der Waals surface area contributed by atoms with Gasteiger partial charge in [0, 0.05) is 18.2 Å². The molecule has 0 bridgehead atoms. The van der Waals surface area contributed by atoms with Gasteiger partial charge in [0.25, 0.3) is 0 Å². The van der Waals surface area contributed by atoms with Crippen molar-refractivity contribution in [2.45, 2.75) is 32.8 Å². The molecular formula is C18H21F2NO4. The van der Waals surface area contributed by atoms with E-state index in [-0.39, 0.29) is 30.6 Å². The molecule has 1 aliphatic rings. The van der Waals surface area contributed by atoms with Gasteiger partial charge in [-0.15, -0.1) is 0 Å². The average molecular weight is 353 g/mol. The molecule has 1 aromatic carbocycles. The second kappa shape index (κ2) is 7.21. The summed E-state index contributed by atoms with van der Waals surface area (Å²) in [4.78, 5) is 25.7. The summed E-state index contributed by atoms with van der Waals surface area (Å²) in [6, 6.07) is 3.17. The third-order valence-electron chi connectivity index (χ3n) is 3.68. The molecule has 0 unspecified atom stereocenters. The molecule has 0 spiro atoms. The third kappa shape index (κ3) is 4.55. The summed E-state index contributed by atoms with van der Waals surface area (Å²) >= 11 is 0. The van der Waals surface area contributed by atoms with Crippen LogP contribution in [-0.2, 0) is 14.3 Å². The number of halogens is 2. The van der Waals surface area contributed by atoms with Crippen LogP contribution in [0.5, 0.6) is 0 Å². The Kier molecular flexibility index (Phi) is 5.45. The Morgan fingerprint density at radius 3 is 2.44 bits per heavy atom. The van der Waals surface area contributed by atoms with Crippen LogP contribution in [0.1, 0.15) is 32.8 Å². The first kappa shape index (κ1) is 18.9. The smallest absolute Gasteiger partial charge is 0.410 e. The standard InChI is InChI=1S/C18H21F2NO4/c1-18(2,3)25-17(23)21-8-7-12(14(10-21)16(22)24-4)13-6-5-11(19)9-15(13)20/h5-6,9H,7-8,10H2,1-4H3. The molecule has 1 amide bonds. The third-order valence-corrected chi connectivity index (χ3v) is 3.68. The molecule has 0 saturated carbocycles. The molecule has 0 aromatic heterocycles. The number of rotatable bonds is 2. The highest BCUT2D eigenvalue weighted by atomic mass is 19.1. The number of carbonyl (C=O) groups is 2. The Balaban J connectivity index is 2.37. The summed E-state index contributed by atoms with van der Waals surface area (Å²) in [6.07, 6.45) is -0.334. The second-order valence-electron chi connectivity index (χ2n) is 6.72. The number of nitrogens with zero attached hydrogens (tertiary/aromatic N) is 1. The minimum absolute atomic E-state index is 0.0618. The van der Waals surface area contributed by atoms with Crippen molar-refractivity contribution < 1.29 is 27.8 Å². The molecule has 0 radical (unpaired) electrons. The van der Waals surface area contributed by atoms with E-state index in [1.807, 2.05) is 0 Å². The molecular weight excluding hydrogens is 332 g/mol. The average Bonchev–Trinajstić information content (AvgIpc) is 2.52. The Morgan fingerprint density at radius 1 is 1.20 bits per heavy atom. The first-order valence-corrected chi connectivity index (χ1v) is 7.86. The zero-order chi connectivity index (χ0) is 18.8. The fraction of sp³-hybridized carbons (Fsp3) is 0.444. The fourth-order valence-electron chi connectivity index (χ4n) is 2.59. The molecule has 0 fully saturated rings. The highest BCUT2D eigenvalue weighted by Crippen LogP contribution is 2.31. The summed E-state index contributed by atoms with van der Waals surface area (Å²) in [7, 11) is 1.21. The molecule has 136 valence electrons. The number of amides is 1. The highest BCUT2D eigenvalue weighted by Gasteiger charge is 2.31. The molecule has 2 rings (SSSR count). The van der Waals surface area contributed by atoms with Gasteiger partial charge in [0.05, 0.1) is 19.2 Å². The maximum Gasteiger partial charge on any atom is 0.410 e. The highest BCUT2D eigenvalue weighted by molar-refractivity contribution is 5.99. The van der Waals surface area contributed by atoms with E-state index in [0.29, 0.717) is 5.57 Å². The normalized spacial score (nSPS) is 15.2. The van der Waals surface area contributed by atoms with E-state index in [1.165, 1.54) is 18.1 Å². The summed E-state index contributed by atoms with van der Waals surface area (Å²) in [5, 5.41) is 0. The number of ether oxygens (including phenoxy) is 2. The lowest BCUT2D eigenvalue weighted by Gasteiger charge is -2.32. The zero-order valence-electron chi connectivity index (χ0n) is 14.7. The van der Waals surface area contributed by atoms with Crippen LogP contribution in [0.25, 0.3) is 5.57 Å². The van der Waals surface area contributed by atoms with Crippen molar-refractivity contribution >= 4 is 17.6 Å². The zero-order valence-corrected chi connectivity index (χ0v) is 14.7. The van der Waals surface area contributed by atoms with Gasteiger partial charge in [0.15, 0.2) is 0 Å². The molecule has 0 aliphatic carbocycles. The van der Waals surface area contributed by atoms with Crippen molar-refractivity contribution in [3.8, 4) is 0 Å². The van der Waals surface area contributed by atoms with Crippen LogP contribution < -0.4 is 0 Å². The van der Waals surface area contributed by atoms with Gasteiger partial charge in [-0.25, -0.2) is 18.4 Å².